The molecule has 33 heavy (non-hydrogen) atoms. The minimum Gasteiger partial charge on any atom is -0.454 e. The van der Waals surface area contributed by atoms with E-state index in [1.165, 1.54) is 6.33 Å². The van der Waals surface area contributed by atoms with Crippen LogP contribution in [0.3, 0.4) is 0 Å². The number of ether oxygens (including phenoxy) is 2. The van der Waals surface area contributed by atoms with Crippen LogP contribution in [-0.4, -0.2) is 58.2 Å². The van der Waals surface area contributed by atoms with E-state index in [9.17, 15) is 9.59 Å². The molecule has 2 aliphatic heterocycles. The third kappa shape index (κ3) is 4.08. The average molecular weight is 453 g/mol. The number of aryl methyl sites for hydroxylation is 1. The van der Waals surface area contributed by atoms with Gasteiger partial charge in [0.05, 0.1) is 5.56 Å². The Balaban J connectivity index is 1.31. The van der Waals surface area contributed by atoms with Crippen LogP contribution in [0.2, 0.25) is 0 Å². The second kappa shape index (κ2) is 8.55. The quantitative estimate of drug-likeness (QED) is 0.588. The molecule has 3 aromatic rings. The lowest BCUT2D eigenvalue weighted by atomic mass is 10.1. The Bertz CT molecular complexity index is 1250. The van der Waals surface area contributed by atoms with Gasteiger partial charge in [-0.2, -0.15) is 0 Å². The number of hydrogen-bond donors (Lipinski definition) is 0. The van der Waals surface area contributed by atoms with Crippen LogP contribution in [0.1, 0.15) is 35.5 Å². The molecule has 0 atom stereocenters. The highest BCUT2D eigenvalue weighted by Crippen LogP contribution is 2.33. The SMILES string of the molecule is Cc1oc2ncn(CC(C)C)c(=O)c2c1C(=O)N1CCN(Cc2ccc3c(c2)OCO3)CC1. The lowest BCUT2D eigenvalue weighted by Crippen LogP contribution is -2.48. The van der Waals surface area contributed by atoms with E-state index in [-0.39, 0.29) is 35.3 Å². The van der Waals surface area contributed by atoms with Crippen molar-refractivity contribution < 1.29 is 18.7 Å². The largest absolute Gasteiger partial charge is 0.454 e. The molecule has 2 aromatic heterocycles. The first-order valence-corrected chi connectivity index (χ1v) is 11.3. The molecular weight excluding hydrogens is 424 g/mol. The van der Waals surface area contributed by atoms with Gasteiger partial charge in [-0.05, 0) is 30.5 Å². The molecule has 5 rings (SSSR count). The Morgan fingerprint density at radius 1 is 1.12 bits per heavy atom. The second-order valence-corrected chi connectivity index (χ2v) is 9.07. The number of nitrogens with zero attached hydrogens (tertiary/aromatic N) is 4. The lowest BCUT2D eigenvalue weighted by Gasteiger charge is -2.34. The summed E-state index contributed by atoms with van der Waals surface area (Å²) in [5, 5.41) is 0.281. The van der Waals surface area contributed by atoms with Gasteiger partial charge in [0, 0.05) is 39.3 Å². The van der Waals surface area contributed by atoms with Gasteiger partial charge in [-0.3, -0.25) is 19.1 Å². The van der Waals surface area contributed by atoms with Crippen molar-refractivity contribution in [3.63, 3.8) is 0 Å². The third-order valence-corrected chi connectivity index (χ3v) is 6.13. The van der Waals surface area contributed by atoms with Crippen LogP contribution in [0.25, 0.3) is 11.1 Å². The molecule has 0 bridgehead atoms. The number of piperazine rings is 1. The number of carbonyl (C=O) groups is 1. The molecule has 174 valence electrons. The first kappa shape index (κ1) is 21.5. The van der Waals surface area contributed by atoms with E-state index >= 15 is 0 Å². The number of furan rings is 1. The van der Waals surface area contributed by atoms with Gasteiger partial charge in [0.2, 0.25) is 12.5 Å². The smallest absolute Gasteiger partial charge is 0.265 e. The summed E-state index contributed by atoms with van der Waals surface area (Å²) in [4.78, 5) is 34.9. The van der Waals surface area contributed by atoms with Crippen LogP contribution < -0.4 is 15.0 Å². The fourth-order valence-electron chi connectivity index (χ4n) is 4.48. The zero-order chi connectivity index (χ0) is 23.1. The standard InChI is InChI=1S/C24H28N4O5/c1-15(2)11-28-13-25-22-21(24(28)30)20(16(3)33-22)23(29)27-8-6-26(7-9-27)12-17-4-5-18-19(10-17)32-14-31-18/h4-5,10,13,15H,6-9,11-12,14H2,1-3H3. The predicted octanol–water partition coefficient (Wildman–Crippen LogP) is 2.64. The summed E-state index contributed by atoms with van der Waals surface area (Å²) in [7, 11) is 0. The Morgan fingerprint density at radius 2 is 1.88 bits per heavy atom. The van der Waals surface area contributed by atoms with Gasteiger partial charge in [-0.1, -0.05) is 19.9 Å². The maximum Gasteiger partial charge on any atom is 0.265 e. The molecule has 1 amide bonds. The molecule has 1 saturated heterocycles. The fourth-order valence-corrected chi connectivity index (χ4v) is 4.48. The molecule has 9 nitrogen and oxygen atoms in total. The molecule has 1 aromatic carbocycles. The van der Waals surface area contributed by atoms with Crippen molar-refractivity contribution in [2.45, 2.75) is 33.9 Å². The molecule has 9 heteroatoms. The summed E-state index contributed by atoms with van der Waals surface area (Å²) in [5.74, 6) is 2.10. The van der Waals surface area contributed by atoms with Crippen LogP contribution >= 0.6 is 0 Å². The molecule has 4 heterocycles. The van der Waals surface area contributed by atoms with Gasteiger partial charge in [0.15, 0.2) is 11.5 Å². The summed E-state index contributed by atoms with van der Waals surface area (Å²) in [6.45, 7) is 10.0. The number of benzene rings is 1. The predicted molar refractivity (Wildman–Crippen MR) is 122 cm³/mol. The third-order valence-electron chi connectivity index (χ3n) is 6.13. The highest BCUT2D eigenvalue weighted by molar-refractivity contribution is 6.06. The Hall–Kier alpha value is -3.33. The van der Waals surface area contributed by atoms with E-state index in [1.54, 1.807) is 16.4 Å². The first-order valence-electron chi connectivity index (χ1n) is 11.3. The maximum atomic E-state index is 13.4. The summed E-state index contributed by atoms with van der Waals surface area (Å²) in [6, 6.07) is 5.99. The van der Waals surface area contributed by atoms with E-state index in [4.69, 9.17) is 13.9 Å². The van der Waals surface area contributed by atoms with E-state index < -0.39 is 0 Å². The van der Waals surface area contributed by atoms with Crippen LogP contribution in [0.4, 0.5) is 0 Å². The van der Waals surface area contributed by atoms with Crippen molar-refractivity contribution in [3.05, 3.63) is 51.8 Å². The number of fused-ring (bicyclic) bond motifs is 2. The lowest BCUT2D eigenvalue weighted by molar-refractivity contribution is 0.0628. The Kier molecular flexibility index (Phi) is 5.57. The minimum absolute atomic E-state index is 0.171. The van der Waals surface area contributed by atoms with Crippen LogP contribution in [0, 0.1) is 12.8 Å². The highest BCUT2D eigenvalue weighted by atomic mass is 16.7. The highest BCUT2D eigenvalue weighted by Gasteiger charge is 2.29. The molecule has 0 radical (unpaired) electrons. The topological polar surface area (TPSA) is 90.0 Å². The molecule has 0 N–H and O–H groups in total. The minimum atomic E-state index is -0.227. The van der Waals surface area contributed by atoms with Gasteiger partial charge in [-0.25, -0.2) is 4.98 Å². The van der Waals surface area contributed by atoms with Crippen molar-refractivity contribution in [1.82, 2.24) is 19.4 Å². The molecule has 2 aliphatic rings. The van der Waals surface area contributed by atoms with Crippen molar-refractivity contribution in [2.75, 3.05) is 33.0 Å². The van der Waals surface area contributed by atoms with Gasteiger partial charge < -0.3 is 18.8 Å². The molecular formula is C24H28N4O5. The van der Waals surface area contributed by atoms with Crippen LogP contribution in [0.5, 0.6) is 11.5 Å². The van der Waals surface area contributed by atoms with E-state index in [2.05, 4.69) is 9.88 Å². The summed E-state index contributed by atoms with van der Waals surface area (Å²) >= 11 is 0. The first-order chi connectivity index (χ1) is 15.9. The molecule has 0 unspecified atom stereocenters. The van der Waals surface area contributed by atoms with Crippen molar-refractivity contribution in [2.24, 2.45) is 5.92 Å². The summed E-state index contributed by atoms with van der Waals surface area (Å²) < 4.78 is 18.1. The fraction of sp³-hybridized carbons (Fsp3) is 0.458. The Morgan fingerprint density at radius 3 is 2.64 bits per heavy atom. The summed E-state index contributed by atoms with van der Waals surface area (Å²) in [6.07, 6.45) is 1.50. The zero-order valence-corrected chi connectivity index (χ0v) is 19.2. The normalized spacial score (nSPS) is 16.2. The molecule has 1 fully saturated rings. The van der Waals surface area contributed by atoms with E-state index in [0.717, 1.165) is 36.7 Å². The zero-order valence-electron chi connectivity index (χ0n) is 19.2. The van der Waals surface area contributed by atoms with E-state index in [0.29, 0.717) is 31.0 Å². The molecule has 0 spiro atoms. The van der Waals surface area contributed by atoms with Crippen molar-refractivity contribution in [1.29, 1.82) is 0 Å². The van der Waals surface area contributed by atoms with Gasteiger partial charge >= 0.3 is 0 Å². The number of rotatable bonds is 5. The monoisotopic (exact) mass is 452 g/mol. The van der Waals surface area contributed by atoms with Gasteiger partial charge in [-0.15, -0.1) is 0 Å². The number of hydrogen-bond acceptors (Lipinski definition) is 7. The average Bonchev–Trinajstić information content (AvgIpc) is 3.39. The number of amides is 1. The van der Waals surface area contributed by atoms with Crippen molar-refractivity contribution in [3.8, 4) is 11.5 Å². The second-order valence-electron chi connectivity index (χ2n) is 9.07. The summed E-state index contributed by atoms with van der Waals surface area (Å²) in [5.41, 5.74) is 1.48. The van der Waals surface area contributed by atoms with Crippen LogP contribution in [0.15, 0.2) is 33.7 Å². The number of carbonyl (C=O) groups excluding carboxylic acids is 1. The number of aromatic nitrogens is 2. The van der Waals surface area contributed by atoms with Gasteiger partial charge in [0.1, 0.15) is 17.5 Å². The van der Waals surface area contributed by atoms with E-state index in [1.807, 2.05) is 32.0 Å². The Labute approximate surface area is 191 Å². The molecule has 0 aliphatic carbocycles. The van der Waals surface area contributed by atoms with Gasteiger partial charge in [0.25, 0.3) is 11.5 Å². The maximum absolute atomic E-state index is 13.4. The molecule has 0 saturated carbocycles. The van der Waals surface area contributed by atoms with Crippen LogP contribution in [-0.2, 0) is 13.1 Å². The van der Waals surface area contributed by atoms with Crippen molar-refractivity contribution >= 4 is 17.0 Å².